The first-order chi connectivity index (χ1) is 6.57. The van der Waals surface area contributed by atoms with E-state index in [1.807, 2.05) is 0 Å². The van der Waals surface area contributed by atoms with Crippen LogP contribution in [0, 0.1) is 0 Å². The van der Waals surface area contributed by atoms with E-state index in [2.05, 4.69) is 4.74 Å². The summed E-state index contributed by atoms with van der Waals surface area (Å²) in [5, 5.41) is 9.55. The van der Waals surface area contributed by atoms with Crippen LogP contribution < -0.4 is 0 Å². The highest BCUT2D eigenvalue weighted by Gasteiger charge is 2.43. The number of hydrogen-bond acceptors (Lipinski definition) is 6. The molecule has 1 N–H and O–H groups in total. The molecule has 0 heterocycles. The Labute approximate surface area is 82.7 Å². The molecule has 0 aliphatic rings. The summed E-state index contributed by atoms with van der Waals surface area (Å²) < 4.78 is 19.0. The van der Waals surface area contributed by atoms with Gasteiger partial charge in [0.15, 0.2) is 11.9 Å². The Morgan fingerprint density at radius 1 is 1.21 bits per heavy atom. The molecule has 1 unspecified atom stereocenters. The number of ether oxygens (including phenoxy) is 4. The van der Waals surface area contributed by atoms with Crippen LogP contribution in [0.25, 0.3) is 0 Å². The maximum absolute atomic E-state index is 11.3. The lowest BCUT2D eigenvalue weighted by molar-refractivity contribution is -0.380. The number of methoxy groups -OCH3 is 4. The van der Waals surface area contributed by atoms with Crippen molar-refractivity contribution in [2.45, 2.75) is 12.1 Å². The van der Waals surface area contributed by atoms with Crippen molar-refractivity contribution in [1.29, 1.82) is 0 Å². The molecule has 0 bridgehead atoms. The van der Waals surface area contributed by atoms with Gasteiger partial charge in [0.25, 0.3) is 0 Å². The summed E-state index contributed by atoms with van der Waals surface area (Å²) in [5.74, 6) is -2.35. The summed E-state index contributed by atoms with van der Waals surface area (Å²) in [4.78, 5) is 11.3. The zero-order valence-corrected chi connectivity index (χ0v) is 8.77. The molecule has 0 aromatic rings. The zero-order chi connectivity index (χ0) is 11.2. The fourth-order valence-electron chi connectivity index (χ4n) is 1.00. The summed E-state index contributed by atoms with van der Waals surface area (Å²) in [6, 6.07) is 0. The number of carbonyl (C=O) groups is 1. The molecular formula is C8H16O6. The Bertz CT molecular complexity index is 168. The van der Waals surface area contributed by atoms with Crippen LogP contribution in [0.4, 0.5) is 0 Å². The molecule has 0 saturated heterocycles. The Balaban J connectivity index is 4.57. The number of aliphatic hydroxyl groups excluding tert-OH is 1. The second kappa shape index (κ2) is 6.05. The molecule has 0 aliphatic carbocycles. The summed E-state index contributed by atoms with van der Waals surface area (Å²) in [6.07, 6.45) is -1.55. The first-order valence-electron chi connectivity index (χ1n) is 3.93. The van der Waals surface area contributed by atoms with Gasteiger partial charge in [0.05, 0.1) is 0 Å². The fraction of sp³-hybridized carbons (Fsp3) is 0.875. The number of aliphatic hydroxyl groups is 1. The zero-order valence-electron chi connectivity index (χ0n) is 8.77. The lowest BCUT2D eigenvalue weighted by atomic mass is 10.2. The third-order valence-corrected chi connectivity index (χ3v) is 1.78. The second-order valence-corrected chi connectivity index (χ2v) is 2.52. The molecular weight excluding hydrogens is 192 g/mol. The summed E-state index contributed by atoms with van der Waals surface area (Å²) in [5.41, 5.74) is 0. The normalized spacial score (nSPS) is 14.1. The molecule has 0 fully saturated rings. The van der Waals surface area contributed by atoms with E-state index in [1.54, 1.807) is 0 Å². The SMILES string of the molecule is COCC(=O)C(O)C(OC)(OC)OC. The topological polar surface area (TPSA) is 74.2 Å². The van der Waals surface area contributed by atoms with Crippen molar-refractivity contribution in [3.8, 4) is 0 Å². The van der Waals surface area contributed by atoms with Crippen molar-refractivity contribution in [2.75, 3.05) is 35.0 Å². The van der Waals surface area contributed by atoms with Gasteiger partial charge in [0.1, 0.15) is 6.61 Å². The molecule has 14 heavy (non-hydrogen) atoms. The van der Waals surface area contributed by atoms with Gasteiger partial charge in [-0.1, -0.05) is 0 Å². The summed E-state index contributed by atoms with van der Waals surface area (Å²) in [6.45, 7) is -0.237. The minimum atomic E-state index is -1.77. The van der Waals surface area contributed by atoms with Crippen molar-refractivity contribution in [3.63, 3.8) is 0 Å². The highest BCUT2D eigenvalue weighted by molar-refractivity contribution is 5.84. The minimum absolute atomic E-state index is 0.237. The second-order valence-electron chi connectivity index (χ2n) is 2.52. The van der Waals surface area contributed by atoms with Crippen LogP contribution in [-0.2, 0) is 23.7 Å². The molecule has 0 rings (SSSR count). The van der Waals surface area contributed by atoms with Crippen LogP contribution in [0.15, 0.2) is 0 Å². The van der Waals surface area contributed by atoms with Gasteiger partial charge >= 0.3 is 5.97 Å². The van der Waals surface area contributed by atoms with E-state index >= 15 is 0 Å². The lowest BCUT2D eigenvalue weighted by Crippen LogP contribution is -2.52. The number of rotatable bonds is 7. The van der Waals surface area contributed by atoms with Gasteiger partial charge < -0.3 is 24.1 Å². The first kappa shape index (κ1) is 13.5. The summed E-state index contributed by atoms with van der Waals surface area (Å²) in [7, 11) is 5.13. The quantitative estimate of drug-likeness (QED) is 0.550. The predicted molar refractivity (Wildman–Crippen MR) is 46.6 cm³/mol. The highest BCUT2D eigenvalue weighted by atomic mass is 16.9. The Hall–Kier alpha value is -0.530. The van der Waals surface area contributed by atoms with Crippen molar-refractivity contribution in [1.82, 2.24) is 0 Å². The van der Waals surface area contributed by atoms with E-state index in [1.165, 1.54) is 28.4 Å². The van der Waals surface area contributed by atoms with Crippen molar-refractivity contribution >= 4 is 5.78 Å². The number of hydrogen-bond donors (Lipinski definition) is 1. The van der Waals surface area contributed by atoms with Crippen molar-refractivity contribution in [3.05, 3.63) is 0 Å². The molecule has 0 spiro atoms. The number of ketones is 1. The Morgan fingerprint density at radius 2 is 1.64 bits per heavy atom. The van der Waals surface area contributed by atoms with E-state index in [0.717, 1.165) is 0 Å². The monoisotopic (exact) mass is 208 g/mol. The van der Waals surface area contributed by atoms with E-state index in [9.17, 15) is 9.90 Å². The Kier molecular flexibility index (Phi) is 5.82. The lowest BCUT2D eigenvalue weighted by Gasteiger charge is -2.31. The first-order valence-corrected chi connectivity index (χ1v) is 3.93. The molecule has 0 radical (unpaired) electrons. The van der Waals surface area contributed by atoms with E-state index in [0.29, 0.717) is 0 Å². The smallest absolute Gasteiger partial charge is 0.317 e. The van der Waals surface area contributed by atoms with Crippen molar-refractivity contribution in [2.24, 2.45) is 0 Å². The van der Waals surface area contributed by atoms with Crippen LogP contribution >= 0.6 is 0 Å². The average molecular weight is 208 g/mol. The summed E-state index contributed by atoms with van der Waals surface area (Å²) >= 11 is 0. The van der Waals surface area contributed by atoms with Gasteiger partial charge in [-0.25, -0.2) is 0 Å². The van der Waals surface area contributed by atoms with E-state index in [4.69, 9.17) is 14.2 Å². The van der Waals surface area contributed by atoms with Gasteiger partial charge in [-0.2, -0.15) is 0 Å². The molecule has 0 amide bonds. The van der Waals surface area contributed by atoms with Gasteiger partial charge in [-0.3, -0.25) is 4.79 Å². The molecule has 6 nitrogen and oxygen atoms in total. The van der Waals surface area contributed by atoms with Gasteiger partial charge in [0.2, 0.25) is 0 Å². The minimum Gasteiger partial charge on any atom is -0.378 e. The molecule has 6 heteroatoms. The van der Waals surface area contributed by atoms with Crippen molar-refractivity contribution < 1.29 is 28.8 Å². The van der Waals surface area contributed by atoms with E-state index < -0.39 is 17.9 Å². The molecule has 0 aromatic heterocycles. The number of carbonyl (C=O) groups excluding carboxylic acids is 1. The Morgan fingerprint density at radius 3 is 1.93 bits per heavy atom. The molecule has 0 aliphatic heterocycles. The van der Waals surface area contributed by atoms with Gasteiger partial charge in [0, 0.05) is 28.4 Å². The average Bonchev–Trinajstić information content (AvgIpc) is 2.21. The van der Waals surface area contributed by atoms with Crippen LogP contribution in [0.3, 0.4) is 0 Å². The fourth-order valence-corrected chi connectivity index (χ4v) is 1.00. The van der Waals surface area contributed by atoms with Crippen LogP contribution in [0.5, 0.6) is 0 Å². The maximum atomic E-state index is 11.3. The van der Waals surface area contributed by atoms with Crippen LogP contribution in [0.2, 0.25) is 0 Å². The maximum Gasteiger partial charge on any atom is 0.317 e. The predicted octanol–water partition coefficient (Wildman–Crippen LogP) is -0.844. The highest BCUT2D eigenvalue weighted by Crippen LogP contribution is 2.18. The number of Topliss-reactive ketones (excluding diaryl/α,β-unsaturated/α-hetero) is 1. The largest absolute Gasteiger partial charge is 0.378 e. The van der Waals surface area contributed by atoms with Gasteiger partial charge in [-0.05, 0) is 0 Å². The standard InChI is InChI=1S/C8H16O6/c1-11-5-6(9)7(10)8(12-2,13-3)14-4/h7,10H,5H2,1-4H3. The third kappa shape index (κ3) is 2.73. The molecule has 0 saturated carbocycles. The molecule has 0 aromatic carbocycles. The van der Waals surface area contributed by atoms with Gasteiger partial charge in [-0.15, -0.1) is 0 Å². The third-order valence-electron chi connectivity index (χ3n) is 1.78. The molecule has 84 valence electrons. The van der Waals surface area contributed by atoms with Crippen LogP contribution in [-0.4, -0.2) is 58.0 Å². The molecule has 1 atom stereocenters. The van der Waals surface area contributed by atoms with E-state index in [-0.39, 0.29) is 6.61 Å². The van der Waals surface area contributed by atoms with Crippen LogP contribution in [0.1, 0.15) is 0 Å².